The molecule has 1 unspecified atom stereocenters. The van der Waals surface area contributed by atoms with Gasteiger partial charge >= 0.3 is 5.97 Å². The molecule has 6 nitrogen and oxygen atoms in total. The van der Waals surface area contributed by atoms with E-state index in [9.17, 15) is 18.0 Å². The number of rotatable bonds is 8. The molecule has 0 saturated heterocycles. The zero-order chi connectivity index (χ0) is 17.3. The van der Waals surface area contributed by atoms with E-state index in [1.807, 2.05) is 10.8 Å². The van der Waals surface area contributed by atoms with Gasteiger partial charge in [0, 0.05) is 0 Å². The molecule has 0 radical (unpaired) electrons. The molecule has 0 fully saturated rings. The molecule has 0 aliphatic rings. The fourth-order valence-corrected chi connectivity index (χ4v) is 2.69. The van der Waals surface area contributed by atoms with E-state index in [1.165, 1.54) is 6.08 Å². The van der Waals surface area contributed by atoms with Gasteiger partial charge in [0.05, 0.1) is 12.0 Å². The van der Waals surface area contributed by atoms with E-state index >= 15 is 0 Å². The van der Waals surface area contributed by atoms with E-state index in [1.54, 1.807) is 38.1 Å². The second-order valence-electron chi connectivity index (χ2n) is 4.82. The molecule has 1 aromatic rings. The Labute approximate surface area is 136 Å². The van der Waals surface area contributed by atoms with E-state index in [0.717, 1.165) is 5.41 Å². The minimum atomic E-state index is -3.98. The van der Waals surface area contributed by atoms with Crippen LogP contribution in [0.1, 0.15) is 32.3 Å². The van der Waals surface area contributed by atoms with Crippen LogP contribution in [-0.4, -0.2) is 26.9 Å². The number of benzene rings is 1. The number of nitrogens with one attached hydrogen (secondary N) is 1. The maximum atomic E-state index is 12.1. The number of amides is 1. The van der Waals surface area contributed by atoms with Crippen molar-refractivity contribution in [3.05, 3.63) is 41.3 Å². The average Bonchev–Trinajstić information content (AvgIpc) is 2.51. The van der Waals surface area contributed by atoms with E-state index in [2.05, 4.69) is 0 Å². The van der Waals surface area contributed by atoms with Crippen molar-refractivity contribution in [2.45, 2.75) is 26.7 Å². The van der Waals surface area contributed by atoms with Crippen LogP contribution >= 0.6 is 0 Å². The van der Waals surface area contributed by atoms with Gasteiger partial charge in [0.2, 0.25) is 5.91 Å². The summed E-state index contributed by atoms with van der Waals surface area (Å²) in [5.41, 5.74) is 0.681. The van der Waals surface area contributed by atoms with Crippen LogP contribution in [0.5, 0.6) is 0 Å². The van der Waals surface area contributed by atoms with Crippen LogP contribution in [0.25, 0.3) is 6.08 Å². The normalized spacial score (nSPS) is 12.8. The fraction of sp³-hybridized carbons (Fsp3) is 0.375. The molecule has 23 heavy (non-hydrogen) atoms. The molecule has 126 valence electrons. The van der Waals surface area contributed by atoms with Crippen molar-refractivity contribution in [1.29, 1.82) is 0 Å². The van der Waals surface area contributed by atoms with Crippen molar-refractivity contribution in [2.24, 2.45) is 5.92 Å². The van der Waals surface area contributed by atoms with Gasteiger partial charge in [-0.25, -0.2) is 13.1 Å². The van der Waals surface area contributed by atoms with Gasteiger partial charge in [0.15, 0.2) is 0 Å². The molecule has 0 aromatic heterocycles. The van der Waals surface area contributed by atoms with Crippen LogP contribution in [0, 0.1) is 5.92 Å². The predicted molar refractivity (Wildman–Crippen MR) is 87.6 cm³/mol. The summed E-state index contributed by atoms with van der Waals surface area (Å²) in [7, 11) is -3.98. The van der Waals surface area contributed by atoms with Gasteiger partial charge < -0.3 is 4.74 Å². The molecular formula is C16H21NO5S. The second-order valence-corrected chi connectivity index (χ2v) is 6.38. The third-order valence-corrected chi connectivity index (χ3v) is 3.93. The molecular weight excluding hydrogens is 318 g/mol. The Morgan fingerprint density at radius 1 is 1.22 bits per heavy atom. The van der Waals surface area contributed by atoms with E-state index < -0.39 is 27.8 Å². The Morgan fingerprint density at radius 2 is 1.87 bits per heavy atom. The predicted octanol–water partition coefficient (Wildman–Crippen LogP) is 2.08. The maximum absolute atomic E-state index is 12.1. The lowest BCUT2D eigenvalue weighted by Gasteiger charge is -2.13. The molecule has 0 bridgehead atoms. The highest BCUT2D eigenvalue weighted by Crippen LogP contribution is 2.10. The Hall–Kier alpha value is -2.15. The first-order chi connectivity index (χ1) is 10.9. The Morgan fingerprint density at radius 3 is 2.43 bits per heavy atom. The molecule has 1 amide bonds. The summed E-state index contributed by atoms with van der Waals surface area (Å²) in [6.07, 6.45) is 2.15. The minimum Gasteiger partial charge on any atom is -0.465 e. The Bertz CT molecular complexity index is 652. The smallest absolute Gasteiger partial charge is 0.318 e. The molecule has 0 heterocycles. The monoisotopic (exact) mass is 339 g/mol. The van der Waals surface area contributed by atoms with Crippen molar-refractivity contribution in [2.75, 3.05) is 6.61 Å². The Balaban J connectivity index is 2.79. The van der Waals surface area contributed by atoms with Gasteiger partial charge in [0.25, 0.3) is 10.0 Å². The van der Waals surface area contributed by atoms with Crippen molar-refractivity contribution in [3.63, 3.8) is 0 Å². The molecule has 1 N–H and O–H groups in total. The molecule has 7 heteroatoms. The maximum Gasteiger partial charge on any atom is 0.318 e. The summed E-state index contributed by atoms with van der Waals surface area (Å²) in [6.45, 7) is 3.55. The zero-order valence-corrected chi connectivity index (χ0v) is 14.0. The van der Waals surface area contributed by atoms with Gasteiger partial charge in [-0.15, -0.1) is 0 Å². The number of hydrogen-bond donors (Lipinski definition) is 1. The third kappa shape index (κ3) is 6.65. The highest BCUT2D eigenvalue weighted by Gasteiger charge is 2.29. The summed E-state index contributed by atoms with van der Waals surface area (Å²) >= 11 is 0. The van der Waals surface area contributed by atoms with Gasteiger partial charge in [-0.05, 0) is 25.0 Å². The lowest BCUT2D eigenvalue weighted by molar-refractivity contribution is -0.151. The van der Waals surface area contributed by atoms with Gasteiger partial charge in [0.1, 0.15) is 5.92 Å². The largest absolute Gasteiger partial charge is 0.465 e. The van der Waals surface area contributed by atoms with Crippen molar-refractivity contribution in [1.82, 2.24) is 4.72 Å². The second kappa shape index (κ2) is 9.09. The number of carbonyl (C=O) groups is 2. The van der Waals surface area contributed by atoms with Gasteiger partial charge in [-0.2, -0.15) is 0 Å². The molecule has 0 spiro atoms. The van der Waals surface area contributed by atoms with Crippen molar-refractivity contribution < 1.29 is 22.7 Å². The third-order valence-electron chi connectivity index (χ3n) is 2.95. The SMILES string of the molecule is CCCC(C(=O)NS(=O)(=O)/C=C/c1ccccc1)C(=O)OCC. The highest BCUT2D eigenvalue weighted by atomic mass is 32.2. The quantitative estimate of drug-likeness (QED) is 0.578. The minimum absolute atomic E-state index is 0.132. The van der Waals surface area contributed by atoms with E-state index in [-0.39, 0.29) is 13.0 Å². The van der Waals surface area contributed by atoms with Crippen molar-refractivity contribution in [3.8, 4) is 0 Å². The highest BCUT2D eigenvalue weighted by molar-refractivity contribution is 7.93. The summed E-state index contributed by atoms with van der Waals surface area (Å²) in [4.78, 5) is 23.8. The summed E-state index contributed by atoms with van der Waals surface area (Å²) in [5.74, 6) is -2.71. The average molecular weight is 339 g/mol. The summed E-state index contributed by atoms with van der Waals surface area (Å²) < 4.78 is 30.6. The number of esters is 1. The van der Waals surface area contributed by atoms with Crippen LogP contribution < -0.4 is 4.72 Å². The van der Waals surface area contributed by atoms with Crippen LogP contribution in [0.3, 0.4) is 0 Å². The Kier molecular flexibility index (Phi) is 7.47. The van der Waals surface area contributed by atoms with E-state index in [4.69, 9.17) is 4.74 Å². The topological polar surface area (TPSA) is 89.5 Å². The lowest BCUT2D eigenvalue weighted by atomic mass is 10.0. The molecule has 0 aliphatic carbocycles. The summed E-state index contributed by atoms with van der Waals surface area (Å²) in [6, 6.07) is 8.80. The zero-order valence-electron chi connectivity index (χ0n) is 13.2. The first-order valence-electron chi connectivity index (χ1n) is 7.36. The summed E-state index contributed by atoms with van der Waals surface area (Å²) in [5, 5.41) is 0.897. The number of ether oxygens (including phenoxy) is 1. The van der Waals surface area contributed by atoms with Crippen molar-refractivity contribution >= 4 is 28.0 Å². The lowest BCUT2D eigenvalue weighted by Crippen LogP contribution is -2.38. The first-order valence-corrected chi connectivity index (χ1v) is 8.90. The van der Waals surface area contributed by atoms with Gasteiger partial charge in [-0.3, -0.25) is 9.59 Å². The number of sulfonamides is 1. The molecule has 1 atom stereocenters. The molecule has 1 rings (SSSR count). The first kappa shape index (κ1) is 18.9. The van der Waals surface area contributed by atoms with Crippen LogP contribution in [0.2, 0.25) is 0 Å². The number of carbonyl (C=O) groups excluding carboxylic acids is 2. The van der Waals surface area contributed by atoms with Crippen LogP contribution in [0.15, 0.2) is 35.7 Å². The van der Waals surface area contributed by atoms with Crippen LogP contribution in [-0.2, 0) is 24.3 Å². The standard InChI is InChI=1S/C16H21NO5S/c1-3-8-14(16(19)22-4-2)15(18)17-23(20,21)12-11-13-9-6-5-7-10-13/h5-7,9-12,14H,3-4,8H2,1-2H3,(H,17,18)/b12-11+. The van der Waals surface area contributed by atoms with Crippen LogP contribution in [0.4, 0.5) is 0 Å². The molecule has 1 aromatic carbocycles. The molecule has 0 saturated carbocycles. The van der Waals surface area contributed by atoms with E-state index in [0.29, 0.717) is 12.0 Å². The number of hydrogen-bond acceptors (Lipinski definition) is 5. The fourth-order valence-electron chi connectivity index (χ4n) is 1.87. The molecule has 0 aliphatic heterocycles. The van der Waals surface area contributed by atoms with Gasteiger partial charge in [-0.1, -0.05) is 43.7 Å².